The van der Waals surface area contributed by atoms with Crippen LogP contribution in [-0.2, 0) is 30.3 Å². The van der Waals surface area contributed by atoms with Gasteiger partial charge in [-0.3, -0.25) is 9.59 Å². The van der Waals surface area contributed by atoms with Crippen molar-refractivity contribution in [1.29, 1.82) is 0 Å². The maximum Gasteiger partial charge on any atom is 0.338 e. The van der Waals surface area contributed by atoms with Gasteiger partial charge in [0.25, 0.3) is 5.91 Å². The summed E-state index contributed by atoms with van der Waals surface area (Å²) in [6.45, 7) is 2.50. The molecule has 0 unspecified atom stereocenters. The third kappa shape index (κ3) is 7.83. The molecule has 1 aliphatic rings. The van der Waals surface area contributed by atoms with Crippen LogP contribution < -0.4 is 10.6 Å². The molecule has 1 aromatic rings. The van der Waals surface area contributed by atoms with Gasteiger partial charge in [-0.15, -0.1) is 0 Å². The summed E-state index contributed by atoms with van der Waals surface area (Å²) in [6, 6.07) is 8.96. The number of hydrogen-bond acceptors (Lipinski definition) is 6. The van der Waals surface area contributed by atoms with E-state index in [1.54, 1.807) is 6.92 Å². The standard InChI is InChI=1S/C21H30N2O6/c1-2-28-21(27)18-17(29-18)20(26)23-16(12-11-15-9-5-3-6-10-15)19(25)22-13-7-4-8-14-24/h3,5-6,9-10,16-18,24H,2,4,7-8,11-14H2,1H3,(H,22,25)(H,23,26)/t16-,17-,18-/m1/s1. The fourth-order valence-corrected chi connectivity index (χ4v) is 2.94. The second-order valence-electron chi connectivity index (χ2n) is 6.89. The van der Waals surface area contributed by atoms with Gasteiger partial charge >= 0.3 is 5.97 Å². The Hall–Kier alpha value is -2.45. The highest BCUT2D eigenvalue weighted by molar-refractivity contribution is 5.95. The smallest absolute Gasteiger partial charge is 0.338 e. The van der Waals surface area contributed by atoms with Crippen molar-refractivity contribution in [2.24, 2.45) is 0 Å². The van der Waals surface area contributed by atoms with E-state index in [0.29, 0.717) is 25.8 Å². The summed E-state index contributed by atoms with van der Waals surface area (Å²) in [4.78, 5) is 36.7. The number of aliphatic hydroxyl groups excluding tert-OH is 1. The van der Waals surface area contributed by atoms with Crippen molar-refractivity contribution < 1.29 is 29.0 Å². The van der Waals surface area contributed by atoms with Crippen LogP contribution in [0.2, 0.25) is 0 Å². The Morgan fingerprint density at radius 3 is 2.59 bits per heavy atom. The van der Waals surface area contributed by atoms with Gasteiger partial charge in [-0.1, -0.05) is 30.3 Å². The number of amides is 2. The van der Waals surface area contributed by atoms with Gasteiger partial charge in [0.2, 0.25) is 5.91 Å². The number of rotatable bonds is 13. The normalized spacial score (nSPS) is 18.6. The largest absolute Gasteiger partial charge is 0.464 e. The van der Waals surface area contributed by atoms with E-state index >= 15 is 0 Å². The van der Waals surface area contributed by atoms with Gasteiger partial charge in [0, 0.05) is 13.2 Å². The summed E-state index contributed by atoms with van der Waals surface area (Å²) >= 11 is 0. The number of unbranched alkanes of at least 4 members (excludes halogenated alkanes) is 2. The lowest BCUT2D eigenvalue weighted by atomic mass is 10.0. The minimum absolute atomic E-state index is 0.132. The Morgan fingerprint density at radius 2 is 1.90 bits per heavy atom. The molecular weight excluding hydrogens is 376 g/mol. The van der Waals surface area contributed by atoms with E-state index in [4.69, 9.17) is 14.6 Å². The van der Waals surface area contributed by atoms with Crippen LogP contribution in [0.1, 0.15) is 38.2 Å². The molecule has 1 aliphatic heterocycles. The molecule has 1 fully saturated rings. The summed E-state index contributed by atoms with van der Waals surface area (Å²) in [5.74, 6) is -1.33. The van der Waals surface area contributed by atoms with Gasteiger partial charge in [0.05, 0.1) is 6.61 Å². The van der Waals surface area contributed by atoms with Crippen LogP contribution in [0.25, 0.3) is 0 Å². The third-order valence-corrected chi connectivity index (χ3v) is 4.60. The van der Waals surface area contributed by atoms with Gasteiger partial charge in [-0.05, 0) is 44.6 Å². The minimum atomic E-state index is -0.911. The first-order valence-electron chi connectivity index (χ1n) is 10.1. The van der Waals surface area contributed by atoms with E-state index in [2.05, 4.69) is 10.6 Å². The Bertz CT molecular complexity index is 666. The summed E-state index contributed by atoms with van der Waals surface area (Å²) in [5.41, 5.74) is 1.06. The quantitative estimate of drug-likeness (QED) is 0.252. The van der Waals surface area contributed by atoms with Crippen molar-refractivity contribution >= 4 is 17.8 Å². The molecule has 8 heteroatoms. The number of aryl methyl sites for hydroxylation is 1. The Balaban J connectivity index is 1.88. The molecule has 2 amide bonds. The van der Waals surface area contributed by atoms with Crippen LogP contribution in [0.15, 0.2) is 30.3 Å². The molecule has 0 aromatic heterocycles. The zero-order valence-electron chi connectivity index (χ0n) is 16.8. The Morgan fingerprint density at radius 1 is 1.14 bits per heavy atom. The van der Waals surface area contributed by atoms with Crippen LogP contribution in [0, 0.1) is 0 Å². The highest BCUT2D eigenvalue weighted by atomic mass is 16.6. The van der Waals surface area contributed by atoms with Crippen LogP contribution in [0.3, 0.4) is 0 Å². The lowest BCUT2D eigenvalue weighted by molar-refractivity contribution is -0.144. The van der Waals surface area contributed by atoms with E-state index in [9.17, 15) is 14.4 Å². The number of aliphatic hydroxyl groups is 1. The maximum absolute atomic E-state index is 12.6. The molecule has 3 N–H and O–H groups in total. The predicted octanol–water partition coefficient (Wildman–Crippen LogP) is 0.713. The van der Waals surface area contributed by atoms with Crippen LogP contribution in [0.4, 0.5) is 0 Å². The van der Waals surface area contributed by atoms with Crippen molar-refractivity contribution in [3.8, 4) is 0 Å². The fraction of sp³-hybridized carbons (Fsp3) is 0.571. The highest BCUT2D eigenvalue weighted by Gasteiger charge is 2.52. The molecule has 1 heterocycles. The number of epoxide rings is 1. The highest BCUT2D eigenvalue weighted by Crippen LogP contribution is 2.24. The van der Waals surface area contributed by atoms with Crippen LogP contribution >= 0.6 is 0 Å². The van der Waals surface area contributed by atoms with E-state index in [0.717, 1.165) is 18.4 Å². The molecule has 29 heavy (non-hydrogen) atoms. The van der Waals surface area contributed by atoms with Crippen molar-refractivity contribution in [3.05, 3.63) is 35.9 Å². The van der Waals surface area contributed by atoms with Gasteiger partial charge in [0.15, 0.2) is 12.2 Å². The van der Waals surface area contributed by atoms with Crippen LogP contribution in [0.5, 0.6) is 0 Å². The lowest BCUT2D eigenvalue weighted by Gasteiger charge is -2.18. The van der Waals surface area contributed by atoms with Crippen molar-refractivity contribution in [2.75, 3.05) is 19.8 Å². The maximum atomic E-state index is 12.6. The molecule has 0 bridgehead atoms. The number of esters is 1. The number of ether oxygens (including phenoxy) is 2. The summed E-state index contributed by atoms with van der Waals surface area (Å²) in [7, 11) is 0. The first-order valence-corrected chi connectivity index (χ1v) is 10.1. The molecule has 1 aromatic carbocycles. The van der Waals surface area contributed by atoms with Crippen LogP contribution in [-0.4, -0.2) is 60.9 Å². The number of hydrogen-bond donors (Lipinski definition) is 3. The van der Waals surface area contributed by atoms with Gasteiger partial charge in [-0.25, -0.2) is 4.79 Å². The molecule has 0 spiro atoms. The molecular formula is C21H30N2O6. The number of benzene rings is 1. The number of nitrogens with one attached hydrogen (secondary N) is 2. The zero-order chi connectivity index (χ0) is 21.1. The Kier molecular flexibility index (Phi) is 9.59. The molecule has 3 atom stereocenters. The topological polar surface area (TPSA) is 117 Å². The lowest BCUT2D eigenvalue weighted by Crippen LogP contribution is -2.49. The zero-order valence-corrected chi connectivity index (χ0v) is 16.8. The van der Waals surface area contributed by atoms with E-state index < -0.39 is 30.1 Å². The monoisotopic (exact) mass is 406 g/mol. The molecule has 0 radical (unpaired) electrons. The van der Waals surface area contributed by atoms with E-state index in [-0.39, 0.29) is 19.1 Å². The average Bonchev–Trinajstić information content (AvgIpc) is 3.53. The molecule has 0 aliphatic carbocycles. The first-order chi connectivity index (χ1) is 14.1. The van der Waals surface area contributed by atoms with Gasteiger partial charge in [0.1, 0.15) is 6.04 Å². The van der Waals surface area contributed by atoms with Crippen molar-refractivity contribution in [3.63, 3.8) is 0 Å². The molecule has 160 valence electrons. The summed E-state index contributed by atoms with van der Waals surface area (Å²) < 4.78 is 9.97. The number of carbonyl (C=O) groups is 3. The first kappa shape index (κ1) is 22.8. The predicted molar refractivity (Wildman–Crippen MR) is 106 cm³/mol. The average molecular weight is 406 g/mol. The fourth-order valence-electron chi connectivity index (χ4n) is 2.94. The van der Waals surface area contributed by atoms with E-state index in [1.165, 1.54) is 0 Å². The number of carbonyl (C=O) groups excluding carboxylic acids is 3. The SMILES string of the molecule is CCOC(=O)[C@@H]1O[C@H]1C(=O)N[C@H](CCc1ccccc1)C(=O)NCCCCCO. The molecule has 8 nitrogen and oxygen atoms in total. The molecule has 2 rings (SSSR count). The minimum Gasteiger partial charge on any atom is -0.464 e. The summed E-state index contributed by atoms with van der Waals surface area (Å²) in [6.07, 6.45) is 1.50. The molecule has 0 saturated carbocycles. The van der Waals surface area contributed by atoms with E-state index in [1.807, 2.05) is 30.3 Å². The second-order valence-corrected chi connectivity index (χ2v) is 6.89. The second kappa shape index (κ2) is 12.2. The van der Waals surface area contributed by atoms with Gasteiger partial charge in [-0.2, -0.15) is 0 Å². The van der Waals surface area contributed by atoms with Crippen molar-refractivity contribution in [1.82, 2.24) is 10.6 Å². The Labute approximate surface area is 171 Å². The summed E-state index contributed by atoms with van der Waals surface area (Å²) in [5, 5.41) is 14.3. The van der Waals surface area contributed by atoms with Crippen molar-refractivity contribution in [2.45, 2.75) is 57.3 Å². The molecule has 1 saturated heterocycles. The third-order valence-electron chi connectivity index (χ3n) is 4.60. The van der Waals surface area contributed by atoms with Gasteiger partial charge < -0.3 is 25.2 Å².